The third kappa shape index (κ3) is 2.99. The van der Waals surface area contributed by atoms with Gasteiger partial charge in [0.1, 0.15) is 17.6 Å². The first-order chi connectivity index (χ1) is 14.2. The van der Waals surface area contributed by atoms with Crippen molar-refractivity contribution in [2.45, 2.75) is 25.3 Å². The molecule has 0 spiro atoms. The van der Waals surface area contributed by atoms with Crippen LogP contribution in [0.4, 0.5) is 11.4 Å². The normalized spacial score (nSPS) is 21.0. The van der Waals surface area contributed by atoms with Crippen molar-refractivity contribution in [2.75, 3.05) is 4.90 Å². The second-order valence-corrected chi connectivity index (χ2v) is 7.39. The van der Waals surface area contributed by atoms with Crippen LogP contribution >= 0.6 is 0 Å². The first kappa shape index (κ1) is 17.6. The molecule has 144 valence electrons. The molecule has 5 heteroatoms. The van der Waals surface area contributed by atoms with Crippen LogP contribution in [-0.4, -0.2) is 17.4 Å². The van der Waals surface area contributed by atoms with Crippen LogP contribution in [0.15, 0.2) is 82.4 Å². The number of hydrogen-bond acceptors (Lipinski definition) is 4. The van der Waals surface area contributed by atoms with E-state index in [2.05, 4.69) is 0 Å². The van der Waals surface area contributed by atoms with Crippen LogP contribution in [-0.2, 0) is 4.79 Å². The minimum atomic E-state index is -0.562. The van der Waals surface area contributed by atoms with E-state index in [1.54, 1.807) is 29.4 Å². The Kier molecular flexibility index (Phi) is 4.35. The van der Waals surface area contributed by atoms with Crippen molar-refractivity contribution in [3.05, 3.63) is 84.3 Å². The molecule has 0 saturated heterocycles. The zero-order valence-electron chi connectivity index (χ0n) is 15.8. The number of Topliss-reactive ketones (excluding diaryl/α,β-unsaturated/α-hetero) is 1. The number of amides is 1. The molecule has 2 heterocycles. The maximum Gasteiger partial charge on any atom is 0.259 e. The van der Waals surface area contributed by atoms with Crippen LogP contribution in [0.2, 0.25) is 0 Å². The van der Waals surface area contributed by atoms with Gasteiger partial charge in [0.15, 0.2) is 0 Å². The molecular weight excluding hydrogens is 364 g/mol. The van der Waals surface area contributed by atoms with Crippen molar-refractivity contribution in [1.29, 1.82) is 0 Å². The molecule has 5 rings (SSSR count). The van der Waals surface area contributed by atoms with Gasteiger partial charge in [0.25, 0.3) is 5.91 Å². The number of nitrogens with zero attached hydrogens (tertiary/aromatic N) is 2. The predicted octanol–water partition coefficient (Wildman–Crippen LogP) is 5.12. The summed E-state index contributed by atoms with van der Waals surface area (Å²) in [4.78, 5) is 33.4. The third-order valence-electron chi connectivity index (χ3n) is 5.64. The van der Waals surface area contributed by atoms with Crippen molar-refractivity contribution in [2.24, 2.45) is 10.9 Å². The van der Waals surface area contributed by atoms with Crippen LogP contribution < -0.4 is 4.90 Å². The molecule has 1 aliphatic carbocycles. The molecule has 1 aliphatic heterocycles. The molecule has 2 aromatic carbocycles. The van der Waals surface area contributed by atoms with Gasteiger partial charge in [-0.3, -0.25) is 19.5 Å². The molecule has 0 bridgehead atoms. The molecule has 2 aliphatic rings. The van der Waals surface area contributed by atoms with Crippen LogP contribution in [0.3, 0.4) is 0 Å². The Labute approximate surface area is 168 Å². The molecule has 1 aromatic heterocycles. The van der Waals surface area contributed by atoms with E-state index >= 15 is 0 Å². The van der Waals surface area contributed by atoms with E-state index in [0.717, 1.165) is 18.6 Å². The summed E-state index contributed by atoms with van der Waals surface area (Å²) in [6, 6.07) is 19.8. The Morgan fingerprint density at radius 3 is 2.55 bits per heavy atom. The minimum Gasteiger partial charge on any atom is -0.467 e. The zero-order valence-corrected chi connectivity index (χ0v) is 15.8. The van der Waals surface area contributed by atoms with Gasteiger partial charge < -0.3 is 4.42 Å². The van der Waals surface area contributed by atoms with E-state index in [4.69, 9.17) is 9.41 Å². The van der Waals surface area contributed by atoms with Gasteiger partial charge in [-0.25, -0.2) is 0 Å². The Morgan fingerprint density at radius 1 is 0.966 bits per heavy atom. The molecule has 0 N–H and O–H groups in total. The molecule has 1 saturated carbocycles. The average molecular weight is 384 g/mol. The number of ketones is 1. The summed E-state index contributed by atoms with van der Waals surface area (Å²) < 4.78 is 5.76. The number of benzene rings is 2. The van der Waals surface area contributed by atoms with Crippen LogP contribution in [0.5, 0.6) is 0 Å². The molecular formula is C24H20N2O3. The molecule has 5 nitrogen and oxygen atoms in total. The van der Waals surface area contributed by atoms with E-state index < -0.39 is 12.0 Å². The quantitative estimate of drug-likeness (QED) is 0.616. The smallest absolute Gasteiger partial charge is 0.259 e. The molecule has 0 radical (unpaired) electrons. The van der Waals surface area contributed by atoms with Gasteiger partial charge in [-0.15, -0.1) is 0 Å². The van der Waals surface area contributed by atoms with E-state index in [9.17, 15) is 9.59 Å². The fourth-order valence-corrected chi connectivity index (χ4v) is 4.35. The Bertz CT molecular complexity index is 1090. The summed E-state index contributed by atoms with van der Waals surface area (Å²) in [6.45, 7) is 0. The lowest BCUT2D eigenvalue weighted by Gasteiger charge is -2.35. The minimum absolute atomic E-state index is 0.107. The van der Waals surface area contributed by atoms with Gasteiger partial charge in [0.2, 0.25) is 0 Å². The molecule has 3 aromatic rings. The Hall–Kier alpha value is -3.47. The van der Waals surface area contributed by atoms with Crippen molar-refractivity contribution < 1.29 is 14.0 Å². The van der Waals surface area contributed by atoms with Crippen LogP contribution in [0, 0.1) is 5.92 Å². The summed E-state index contributed by atoms with van der Waals surface area (Å²) in [5, 5.41) is 0. The SMILES string of the molecule is O=C1CCCC2=Nc3ccccc3N(C(=O)c3ccccc3)[C@@H](c3ccco3)[C@H]12. The summed E-state index contributed by atoms with van der Waals surface area (Å²) >= 11 is 0. The first-order valence-electron chi connectivity index (χ1n) is 9.85. The van der Waals surface area contributed by atoms with Crippen LogP contribution in [0.1, 0.15) is 41.4 Å². The lowest BCUT2D eigenvalue weighted by atomic mass is 9.79. The third-order valence-corrected chi connectivity index (χ3v) is 5.64. The number of aliphatic imine (C=N–C) groups is 1. The summed E-state index contributed by atoms with van der Waals surface area (Å²) in [5.74, 6) is 0.0261. The number of carbonyl (C=O) groups is 2. The second-order valence-electron chi connectivity index (χ2n) is 7.39. The monoisotopic (exact) mass is 384 g/mol. The first-order valence-corrected chi connectivity index (χ1v) is 9.85. The van der Waals surface area contributed by atoms with Gasteiger partial charge in [0, 0.05) is 17.7 Å². The fraction of sp³-hybridized carbons (Fsp3) is 0.208. The lowest BCUT2D eigenvalue weighted by Crippen LogP contribution is -2.44. The number of para-hydroxylation sites is 2. The number of anilines is 1. The highest BCUT2D eigenvalue weighted by molar-refractivity contribution is 6.14. The largest absolute Gasteiger partial charge is 0.467 e. The van der Waals surface area contributed by atoms with Gasteiger partial charge >= 0.3 is 0 Å². The van der Waals surface area contributed by atoms with E-state index in [0.29, 0.717) is 29.1 Å². The van der Waals surface area contributed by atoms with Gasteiger partial charge in [0.05, 0.1) is 23.6 Å². The average Bonchev–Trinajstić information content (AvgIpc) is 3.23. The van der Waals surface area contributed by atoms with Crippen LogP contribution in [0.25, 0.3) is 0 Å². The highest BCUT2D eigenvalue weighted by Crippen LogP contribution is 2.45. The second kappa shape index (κ2) is 7.17. The summed E-state index contributed by atoms with van der Waals surface area (Å²) in [5.41, 5.74) is 2.79. The summed E-state index contributed by atoms with van der Waals surface area (Å²) in [6.07, 6.45) is 3.61. The molecule has 29 heavy (non-hydrogen) atoms. The molecule has 2 atom stereocenters. The number of hydrogen-bond donors (Lipinski definition) is 0. The number of rotatable bonds is 2. The zero-order chi connectivity index (χ0) is 19.8. The van der Waals surface area contributed by atoms with E-state index in [1.807, 2.05) is 48.5 Å². The van der Waals surface area contributed by atoms with E-state index in [1.165, 1.54) is 0 Å². The van der Waals surface area contributed by atoms with Gasteiger partial charge in [-0.05, 0) is 49.2 Å². The van der Waals surface area contributed by atoms with Gasteiger partial charge in [-0.1, -0.05) is 30.3 Å². The Morgan fingerprint density at radius 2 is 1.76 bits per heavy atom. The highest BCUT2D eigenvalue weighted by atomic mass is 16.3. The maximum absolute atomic E-state index is 13.7. The molecule has 1 amide bonds. The Balaban J connectivity index is 1.75. The number of furan rings is 1. The van der Waals surface area contributed by atoms with Crippen molar-refractivity contribution in [3.8, 4) is 0 Å². The topological polar surface area (TPSA) is 62.9 Å². The van der Waals surface area contributed by atoms with E-state index in [-0.39, 0.29) is 11.7 Å². The lowest BCUT2D eigenvalue weighted by molar-refractivity contribution is -0.122. The van der Waals surface area contributed by atoms with Crippen molar-refractivity contribution in [3.63, 3.8) is 0 Å². The standard InChI is InChI=1S/C24H20N2O3/c27-20-13-6-11-18-22(20)23(21-14-7-15-29-21)26(19-12-5-4-10-17(19)25-18)24(28)16-8-2-1-3-9-16/h1-5,7-10,12,14-15,22-23H,6,11,13H2/t22-,23-/m0/s1. The highest BCUT2D eigenvalue weighted by Gasteiger charge is 2.45. The number of fused-ring (bicyclic) bond motifs is 2. The molecule has 1 fully saturated rings. The van der Waals surface area contributed by atoms with Crippen molar-refractivity contribution in [1.82, 2.24) is 0 Å². The maximum atomic E-state index is 13.7. The molecule has 0 unspecified atom stereocenters. The fourth-order valence-electron chi connectivity index (χ4n) is 4.35. The number of carbonyl (C=O) groups excluding carboxylic acids is 2. The predicted molar refractivity (Wildman–Crippen MR) is 111 cm³/mol. The van der Waals surface area contributed by atoms with Gasteiger partial charge in [-0.2, -0.15) is 0 Å². The summed E-state index contributed by atoms with van der Waals surface area (Å²) in [7, 11) is 0. The van der Waals surface area contributed by atoms with Crippen molar-refractivity contribution >= 4 is 28.8 Å².